The number of hydrogen-bond donors (Lipinski definition) is 1. The average molecular weight is 196 g/mol. The summed E-state index contributed by atoms with van der Waals surface area (Å²) in [5, 5.41) is 13.7. The molecule has 0 aliphatic carbocycles. The van der Waals surface area contributed by atoms with Crippen LogP contribution in [0, 0.1) is 0 Å². The summed E-state index contributed by atoms with van der Waals surface area (Å²) < 4.78 is 1.85. The van der Waals surface area contributed by atoms with E-state index < -0.39 is 0 Å². The Balaban J connectivity index is 2.94. The third-order valence-electron chi connectivity index (χ3n) is 2.25. The summed E-state index contributed by atoms with van der Waals surface area (Å²) in [6.07, 6.45) is 0.359. The van der Waals surface area contributed by atoms with Gasteiger partial charge in [0.05, 0.1) is 11.8 Å². The van der Waals surface area contributed by atoms with Gasteiger partial charge in [0.25, 0.3) is 0 Å². The molecule has 80 valence electrons. The first-order chi connectivity index (χ1) is 6.30. The van der Waals surface area contributed by atoms with Crippen LogP contribution in [0.15, 0.2) is 6.07 Å². The fourth-order valence-electron chi connectivity index (χ4n) is 1.37. The molecule has 3 nitrogen and oxygen atoms in total. The quantitative estimate of drug-likeness (QED) is 0.781. The molecule has 1 aromatic heterocycles. The second-order valence-electron chi connectivity index (χ2n) is 4.95. The van der Waals surface area contributed by atoms with Gasteiger partial charge in [0.1, 0.15) is 0 Å². The van der Waals surface area contributed by atoms with Crippen molar-refractivity contribution in [1.29, 1.82) is 0 Å². The summed E-state index contributed by atoms with van der Waals surface area (Å²) in [4.78, 5) is 0. The highest BCUT2D eigenvalue weighted by Gasteiger charge is 2.19. The molecule has 14 heavy (non-hydrogen) atoms. The summed E-state index contributed by atoms with van der Waals surface area (Å²) in [6, 6.07) is 2.08. The number of hydrogen-bond acceptors (Lipinski definition) is 2. The van der Waals surface area contributed by atoms with Gasteiger partial charge in [0, 0.05) is 24.6 Å². The first-order valence-electron chi connectivity index (χ1n) is 5.02. The highest BCUT2D eigenvalue weighted by atomic mass is 16.3. The van der Waals surface area contributed by atoms with Gasteiger partial charge < -0.3 is 5.11 Å². The van der Waals surface area contributed by atoms with Gasteiger partial charge in [0.2, 0.25) is 0 Å². The van der Waals surface area contributed by atoms with E-state index in [1.54, 1.807) is 6.92 Å². The molecule has 0 aliphatic heterocycles. The largest absolute Gasteiger partial charge is 0.393 e. The van der Waals surface area contributed by atoms with Crippen molar-refractivity contribution in [2.75, 3.05) is 0 Å². The molecule has 0 radical (unpaired) electrons. The van der Waals surface area contributed by atoms with E-state index in [4.69, 9.17) is 0 Å². The maximum Gasteiger partial charge on any atom is 0.0680 e. The molecule has 1 atom stereocenters. The van der Waals surface area contributed by atoms with E-state index in [2.05, 4.69) is 31.9 Å². The fraction of sp³-hybridized carbons (Fsp3) is 0.727. The second-order valence-corrected chi connectivity index (χ2v) is 4.95. The monoisotopic (exact) mass is 196 g/mol. The van der Waals surface area contributed by atoms with E-state index in [0.717, 1.165) is 11.4 Å². The average Bonchev–Trinajstić information content (AvgIpc) is 2.30. The molecule has 0 saturated heterocycles. The third kappa shape index (κ3) is 2.58. The molecule has 0 saturated carbocycles. The zero-order valence-electron chi connectivity index (χ0n) is 9.70. The summed E-state index contributed by atoms with van der Waals surface area (Å²) in [7, 11) is 1.92. The normalized spacial score (nSPS) is 14.4. The van der Waals surface area contributed by atoms with Crippen LogP contribution in [0.2, 0.25) is 0 Å². The van der Waals surface area contributed by atoms with Crippen LogP contribution in [0.5, 0.6) is 0 Å². The highest BCUT2D eigenvalue weighted by molar-refractivity contribution is 5.17. The van der Waals surface area contributed by atoms with Gasteiger partial charge in [-0.05, 0) is 13.0 Å². The van der Waals surface area contributed by atoms with Crippen LogP contribution in [0.4, 0.5) is 0 Å². The highest BCUT2D eigenvalue weighted by Crippen LogP contribution is 2.21. The number of rotatable bonds is 2. The second kappa shape index (κ2) is 3.73. The van der Waals surface area contributed by atoms with Crippen molar-refractivity contribution in [3.05, 3.63) is 17.5 Å². The van der Waals surface area contributed by atoms with Crippen LogP contribution < -0.4 is 0 Å². The molecule has 0 aliphatic rings. The topological polar surface area (TPSA) is 38.1 Å². The Kier molecular flexibility index (Phi) is 3.00. The van der Waals surface area contributed by atoms with E-state index in [-0.39, 0.29) is 11.5 Å². The van der Waals surface area contributed by atoms with Gasteiger partial charge in [0.15, 0.2) is 0 Å². The predicted octanol–water partition coefficient (Wildman–Crippen LogP) is 1.64. The van der Waals surface area contributed by atoms with Crippen LogP contribution in [0.1, 0.15) is 39.1 Å². The Labute approximate surface area is 85.8 Å². The molecule has 0 amide bonds. The molecular weight excluding hydrogens is 176 g/mol. The van der Waals surface area contributed by atoms with Crippen molar-refractivity contribution in [3.63, 3.8) is 0 Å². The summed E-state index contributed by atoms with van der Waals surface area (Å²) in [5.74, 6) is 0. The Morgan fingerprint density at radius 3 is 2.43 bits per heavy atom. The van der Waals surface area contributed by atoms with E-state index in [1.807, 2.05) is 11.7 Å². The lowest BCUT2D eigenvalue weighted by Crippen LogP contribution is -2.12. The van der Waals surface area contributed by atoms with Crippen LogP contribution in [0.25, 0.3) is 0 Å². The zero-order valence-corrected chi connectivity index (χ0v) is 9.70. The smallest absolute Gasteiger partial charge is 0.0680 e. The first-order valence-corrected chi connectivity index (χ1v) is 5.02. The van der Waals surface area contributed by atoms with Crippen LogP contribution in [-0.4, -0.2) is 21.0 Å². The van der Waals surface area contributed by atoms with E-state index in [0.29, 0.717) is 6.42 Å². The van der Waals surface area contributed by atoms with Gasteiger partial charge >= 0.3 is 0 Å². The van der Waals surface area contributed by atoms with E-state index >= 15 is 0 Å². The molecule has 0 fully saturated rings. The minimum absolute atomic E-state index is 0.0781. The summed E-state index contributed by atoms with van der Waals surface area (Å²) >= 11 is 0. The Morgan fingerprint density at radius 1 is 1.50 bits per heavy atom. The molecule has 0 unspecified atom stereocenters. The number of aryl methyl sites for hydroxylation is 1. The molecule has 3 heteroatoms. The number of nitrogens with zero attached hydrogens (tertiary/aromatic N) is 2. The number of aliphatic hydroxyl groups excluding tert-OH is 1. The van der Waals surface area contributed by atoms with Crippen molar-refractivity contribution in [2.24, 2.45) is 7.05 Å². The minimum Gasteiger partial charge on any atom is -0.393 e. The molecule has 0 bridgehead atoms. The van der Waals surface area contributed by atoms with Crippen LogP contribution in [0.3, 0.4) is 0 Å². The zero-order chi connectivity index (χ0) is 10.9. The van der Waals surface area contributed by atoms with Crippen molar-refractivity contribution in [3.8, 4) is 0 Å². The predicted molar refractivity (Wildman–Crippen MR) is 57.3 cm³/mol. The third-order valence-corrected chi connectivity index (χ3v) is 2.25. The van der Waals surface area contributed by atoms with Crippen molar-refractivity contribution in [1.82, 2.24) is 9.78 Å². The Bertz CT molecular complexity index is 308. The van der Waals surface area contributed by atoms with Crippen LogP contribution >= 0.6 is 0 Å². The van der Waals surface area contributed by atoms with E-state index in [1.165, 1.54) is 0 Å². The van der Waals surface area contributed by atoms with E-state index in [9.17, 15) is 5.11 Å². The molecule has 0 aromatic carbocycles. The van der Waals surface area contributed by atoms with Crippen molar-refractivity contribution >= 4 is 0 Å². The molecule has 0 spiro atoms. The maximum absolute atomic E-state index is 9.30. The molecule has 1 heterocycles. The lowest BCUT2D eigenvalue weighted by molar-refractivity contribution is 0.193. The van der Waals surface area contributed by atoms with Crippen molar-refractivity contribution in [2.45, 2.75) is 45.6 Å². The Morgan fingerprint density at radius 2 is 2.07 bits per heavy atom. The SMILES string of the molecule is C[C@H](O)Cc1cc(C(C)(C)C)nn1C. The number of aromatic nitrogens is 2. The molecular formula is C11H20N2O. The lowest BCUT2D eigenvalue weighted by atomic mass is 9.92. The Hall–Kier alpha value is -0.830. The molecule has 1 N–H and O–H groups in total. The maximum atomic E-state index is 9.30. The van der Waals surface area contributed by atoms with Gasteiger partial charge in [-0.3, -0.25) is 4.68 Å². The molecule has 1 rings (SSSR count). The standard InChI is InChI=1S/C11H20N2O/c1-8(14)6-9-7-10(11(2,3)4)12-13(9)5/h7-8,14H,6H2,1-5H3/t8-/m0/s1. The van der Waals surface area contributed by atoms with Gasteiger partial charge in [-0.1, -0.05) is 20.8 Å². The van der Waals surface area contributed by atoms with Gasteiger partial charge in [-0.25, -0.2) is 0 Å². The summed E-state index contributed by atoms with van der Waals surface area (Å²) in [5.41, 5.74) is 2.25. The van der Waals surface area contributed by atoms with Gasteiger partial charge in [-0.15, -0.1) is 0 Å². The lowest BCUT2D eigenvalue weighted by Gasteiger charge is -2.13. The minimum atomic E-state index is -0.307. The number of aliphatic hydroxyl groups is 1. The van der Waals surface area contributed by atoms with Crippen molar-refractivity contribution < 1.29 is 5.11 Å². The van der Waals surface area contributed by atoms with Crippen LogP contribution in [-0.2, 0) is 18.9 Å². The fourth-order valence-corrected chi connectivity index (χ4v) is 1.37. The molecule has 1 aromatic rings. The van der Waals surface area contributed by atoms with Gasteiger partial charge in [-0.2, -0.15) is 5.10 Å². The first kappa shape index (κ1) is 11.2. The summed E-state index contributed by atoms with van der Waals surface area (Å²) in [6.45, 7) is 8.22.